The van der Waals surface area contributed by atoms with Gasteiger partial charge in [-0.2, -0.15) is 5.10 Å². The number of aromatic nitrogens is 2. The van der Waals surface area contributed by atoms with E-state index < -0.39 is 0 Å². The summed E-state index contributed by atoms with van der Waals surface area (Å²) in [6.45, 7) is 4.31. The molecule has 0 N–H and O–H groups in total. The van der Waals surface area contributed by atoms with Gasteiger partial charge < -0.3 is 9.80 Å². The Kier molecular flexibility index (Phi) is 5.65. The minimum Gasteiger partial charge on any atom is -0.371 e. The molecule has 6 heteroatoms. The second kappa shape index (κ2) is 8.53. The van der Waals surface area contributed by atoms with Crippen LogP contribution in [0.2, 0.25) is 0 Å². The zero-order chi connectivity index (χ0) is 21.1. The molecule has 1 aromatic heterocycles. The number of para-hydroxylation sites is 2. The summed E-state index contributed by atoms with van der Waals surface area (Å²) in [6, 6.07) is 19.1. The van der Waals surface area contributed by atoms with Gasteiger partial charge in [0.25, 0.3) is 5.91 Å². The Morgan fingerprint density at radius 2 is 1.70 bits per heavy atom. The third-order valence-corrected chi connectivity index (χ3v) is 5.50. The molecule has 0 atom stereocenters. The lowest BCUT2D eigenvalue weighted by atomic mass is 10.1. The van der Waals surface area contributed by atoms with Crippen LogP contribution in [0.3, 0.4) is 0 Å². The van der Waals surface area contributed by atoms with Crippen LogP contribution in [0.15, 0.2) is 65.5 Å². The standard InChI is InChI=1S/C24H26N4O2/c1-18-16-22(29)23(25-28(18)20-11-4-3-5-12-20)24(30)26(2)17-19-10-6-7-13-21(19)27-14-8-9-15-27/h3-7,10-13,16H,8-9,14-15,17H2,1-2H3. The SMILES string of the molecule is Cc1cc(=O)c(C(=O)N(C)Cc2ccccc2N2CCCC2)nn1-c1ccccc1. The second-order valence-corrected chi connectivity index (χ2v) is 7.73. The van der Waals surface area contributed by atoms with E-state index >= 15 is 0 Å². The maximum absolute atomic E-state index is 13.1. The lowest BCUT2D eigenvalue weighted by Crippen LogP contribution is -2.34. The van der Waals surface area contributed by atoms with Crippen LogP contribution in [0.5, 0.6) is 0 Å². The molecule has 30 heavy (non-hydrogen) atoms. The molecule has 1 amide bonds. The van der Waals surface area contributed by atoms with Crippen molar-refractivity contribution in [1.29, 1.82) is 0 Å². The molecule has 3 aromatic rings. The summed E-state index contributed by atoms with van der Waals surface area (Å²) >= 11 is 0. The largest absolute Gasteiger partial charge is 0.371 e. The van der Waals surface area contributed by atoms with E-state index in [9.17, 15) is 9.59 Å². The summed E-state index contributed by atoms with van der Waals surface area (Å²) in [5.74, 6) is -0.374. The average molecular weight is 402 g/mol. The van der Waals surface area contributed by atoms with E-state index in [1.165, 1.54) is 18.9 Å². The van der Waals surface area contributed by atoms with Crippen molar-refractivity contribution in [3.63, 3.8) is 0 Å². The number of hydrogen-bond acceptors (Lipinski definition) is 4. The second-order valence-electron chi connectivity index (χ2n) is 7.73. The molecule has 0 aliphatic carbocycles. The Morgan fingerprint density at radius 1 is 1.03 bits per heavy atom. The molecule has 1 aliphatic heterocycles. The minimum atomic E-state index is -0.374. The number of rotatable bonds is 5. The van der Waals surface area contributed by atoms with Crippen LogP contribution in [0.1, 0.15) is 34.6 Å². The normalized spacial score (nSPS) is 13.5. The molecule has 0 bridgehead atoms. The molecule has 4 rings (SSSR count). The first-order valence-electron chi connectivity index (χ1n) is 10.3. The molecular formula is C24H26N4O2. The fraction of sp³-hybridized carbons (Fsp3) is 0.292. The van der Waals surface area contributed by atoms with Gasteiger partial charge in [-0.15, -0.1) is 0 Å². The molecule has 1 fully saturated rings. The van der Waals surface area contributed by atoms with Crippen LogP contribution < -0.4 is 10.3 Å². The lowest BCUT2D eigenvalue weighted by molar-refractivity contribution is 0.0776. The summed E-state index contributed by atoms with van der Waals surface area (Å²) in [4.78, 5) is 29.6. The molecule has 154 valence electrons. The Morgan fingerprint density at radius 3 is 2.43 bits per heavy atom. The molecule has 0 spiro atoms. The van der Waals surface area contributed by atoms with Crippen LogP contribution in [0, 0.1) is 6.92 Å². The minimum absolute atomic E-state index is 0.0643. The summed E-state index contributed by atoms with van der Waals surface area (Å²) in [7, 11) is 1.72. The van der Waals surface area contributed by atoms with E-state index in [-0.39, 0.29) is 17.0 Å². The first-order valence-corrected chi connectivity index (χ1v) is 10.3. The molecule has 6 nitrogen and oxygen atoms in total. The van der Waals surface area contributed by atoms with Gasteiger partial charge in [0.05, 0.1) is 5.69 Å². The van der Waals surface area contributed by atoms with Gasteiger partial charge in [0.15, 0.2) is 5.69 Å². The highest BCUT2D eigenvalue weighted by Gasteiger charge is 2.22. The van der Waals surface area contributed by atoms with Crippen LogP contribution in [0.25, 0.3) is 5.69 Å². The van der Waals surface area contributed by atoms with Crippen LogP contribution >= 0.6 is 0 Å². The maximum atomic E-state index is 13.1. The summed E-state index contributed by atoms with van der Waals surface area (Å²) < 4.78 is 1.64. The lowest BCUT2D eigenvalue weighted by Gasteiger charge is -2.24. The molecule has 1 aliphatic rings. The van der Waals surface area contributed by atoms with E-state index in [0.717, 1.165) is 30.0 Å². The Labute approximate surface area is 176 Å². The first-order chi connectivity index (χ1) is 14.5. The molecular weight excluding hydrogens is 376 g/mol. The Balaban J connectivity index is 1.62. The molecule has 2 heterocycles. The quantitative estimate of drug-likeness (QED) is 0.656. The predicted molar refractivity (Wildman–Crippen MR) is 118 cm³/mol. The number of anilines is 1. The summed E-state index contributed by atoms with van der Waals surface area (Å²) in [5, 5.41) is 4.41. The average Bonchev–Trinajstić information content (AvgIpc) is 3.29. The number of benzene rings is 2. The van der Waals surface area contributed by atoms with Crippen molar-refractivity contribution in [2.75, 3.05) is 25.0 Å². The van der Waals surface area contributed by atoms with Gasteiger partial charge in [0.1, 0.15) is 0 Å². The van der Waals surface area contributed by atoms with Gasteiger partial charge in [-0.3, -0.25) is 9.59 Å². The van der Waals surface area contributed by atoms with E-state index in [2.05, 4.69) is 16.1 Å². The fourth-order valence-corrected chi connectivity index (χ4v) is 3.95. The zero-order valence-electron chi connectivity index (χ0n) is 17.4. The smallest absolute Gasteiger partial charge is 0.278 e. The molecule has 1 saturated heterocycles. The van der Waals surface area contributed by atoms with E-state index in [4.69, 9.17) is 0 Å². The third-order valence-electron chi connectivity index (χ3n) is 5.50. The molecule has 0 radical (unpaired) electrons. The monoisotopic (exact) mass is 402 g/mol. The van der Waals surface area contributed by atoms with Gasteiger partial charge in [-0.05, 0) is 43.5 Å². The molecule has 0 unspecified atom stereocenters. The number of nitrogens with zero attached hydrogens (tertiary/aromatic N) is 4. The van der Waals surface area contributed by atoms with Crippen molar-refractivity contribution in [1.82, 2.24) is 14.7 Å². The fourth-order valence-electron chi connectivity index (χ4n) is 3.95. The van der Waals surface area contributed by atoms with Crippen molar-refractivity contribution in [3.05, 3.63) is 87.8 Å². The van der Waals surface area contributed by atoms with Crippen molar-refractivity contribution >= 4 is 11.6 Å². The number of aryl methyl sites for hydroxylation is 1. The van der Waals surface area contributed by atoms with Crippen molar-refractivity contribution in [2.24, 2.45) is 0 Å². The highest BCUT2D eigenvalue weighted by atomic mass is 16.2. The highest BCUT2D eigenvalue weighted by Crippen LogP contribution is 2.25. The number of carbonyl (C=O) groups is 1. The van der Waals surface area contributed by atoms with Crippen LogP contribution in [-0.2, 0) is 6.54 Å². The Bertz CT molecular complexity index is 1100. The van der Waals surface area contributed by atoms with E-state index in [1.807, 2.05) is 55.5 Å². The van der Waals surface area contributed by atoms with Crippen molar-refractivity contribution in [3.8, 4) is 5.69 Å². The zero-order valence-corrected chi connectivity index (χ0v) is 17.4. The topological polar surface area (TPSA) is 58.4 Å². The summed E-state index contributed by atoms with van der Waals surface area (Å²) in [5.41, 5.74) is 3.31. The highest BCUT2D eigenvalue weighted by molar-refractivity contribution is 5.92. The molecule has 0 saturated carbocycles. The first kappa shape index (κ1) is 19.9. The van der Waals surface area contributed by atoms with Gasteiger partial charge in [0, 0.05) is 44.1 Å². The van der Waals surface area contributed by atoms with Crippen LogP contribution in [-0.4, -0.2) is 40.7 Å². The number of amides is 1. The van der Waals surface area contributed by atoms with E-state index in [1.54, 1.807) is 16.6 Å². The van der Waals surface area contributed by atoms with Crippen molar-refractivity contribution < 1.29 is 4.79 Å². The van der Waals surface area contributed by atoms with Crippen molar-refractivity contribution in [2.45, 2.75) is 26.3 Å². The number of carbonyl (C=O) groups excluding carboxylic acids is 1. The van der Waals surface area contributed by atoms with Gasteiger partial charge >= 0.3 is 0 Å². The predicted octanol–water partition coefficient (Wildman–Crippen LogP) is 3.41. The summed E-state index contributed by atoms with van der Waals surface area (Å²) in [6.07, 6.45) is 2.38. The van der Waals surface area contributed by atoms with Gasteiger partial charge in [-0.1, -0.05) is 36.4 Å². The van der Waals surface area contributed by atoms with E-state index in [0.29, 0.717) is 12.2 Å². The number of hydrogen-bond donors (Lipinski definition) is 0. The third kappa shape index (κ3) is 3.99. The van der Waals surface area contributed by atoms with Gasteiger partial charge in [0.2, 0.25) is 5.43 Å². The molecule has 2 aromatic carbocycles. The van der Waals surface area contributed by atoms with Gasteiger partial charge in [-0.25, -0.2) is 4.68 Å². The Hall–Kier alpha value is -3.41. The van der Waals surface area contributed by atoms with Crippen LogP contribution in [0.4, 0.5) is 5.69 Å². The maximum Gasteiger partial charge on any atom is 0.278 e.